The standard InChI is InChI=1S/C12H14Cl2N4S/c1-2-15-11-8(13)7-9(14)12(18-11)17-4-3-10-16-5-6-19-10/h5-7H,2-4H2,1H3,(H2,15,17,18). The van der Waals surface area contributed by atoms with Gasteiger partial charge in [0.2, 0.25) is 0 Å². The molecule has 2 rings (SSSR count). The summed E-state index contributed by atoms with van der Waals surface area (Å²) in [4.78, 5) is 8.60. The number of rotatable bonds is 6. The minimum Gasteiger partial charge on any atom is -0.369 e. The van der Waals surface area contributed by atoms with Crippen molar-refractivity contribution in [3.8, 4) is 0 Å². The lowest BCUT2D eigenvalue weighted by molar-refractivity contribution is 0.987. The van der Waals surface area contributed by atoms with Crippen molar-refractivity contribution in [1.82, 2.24) is 9.97 Å². The smallest absolute Gasteiger partial charge is 0.147 e. The van der Waals surface area contributed by atoms with Crippen molar-refractivity contribution in [2.75, 3.05) is 23.7 Å². The molecule has 0 amide bonds. The molecule has 2 heterocycles. The van der Waals surface area contributed by atoms with Crippen LogP contribution < -0.4 is 10.6 Å². The molecule has 19 heavy (non-hydrogen) atoms. The Kier molecular flexibility index (Phi) is 5.24. The Labute approximate surface area is 126 Å². The third-order valence-electron chi connectivity index (χ3n) is 2.39. The molecule has 0 fully saturated rings. The van der Waals surface area contributed by atoms with E-state index < -0.39 is 0 Å². The van der Waals surface area contributed by atoms with E-state index >= 15 is 0 Å². The average Bonchev–Trinajstić information content (AvgIpc) is 2.88. The highest BCUT2D eigenvalue weighted by Crippen LogP contribution is 2.29. The Balaban J connectivity index is 2.00. The largest absolute Gasteiger partial charge is 0.369 e. The number of nitrogens with zero attached hydrogens (tertiary/aromatic N) is 2. The van der Waals surface area contributed by atoms with Crippen LogP contribution in [-0.2, 0) is 6.42 Å². The predicted octanol–water partition coefficient (Wildman–Crippen LogP) is 3.93. The van der Waals surface area contributed by atoms with E-state index in [1.807, 2.05) is 12.3 Å². The van der Waals surface area contributed by atoms with Crippen LogP contribution in [0.2, 0.25) is 10.0 Å². The SMILES string of the molecule is CCNc1nc(NCCc2nccs2)c(Cl)cc1Cl. The lowest BCUT2D eigenvalue weighted by atomic mass is 10.4. The molecular formula is C12H14Cl2N4S. The van der Waals surface area contributed by atoms with Crippen molar-refractivity contribution in [3.63, 3.8) is 0 Å². The van der Waals surface area contributed by atoms with Gasteiger partial charge >= 0.3 is 0 Å². The molecule has 0 atom stereocenters. The van der Waals surface area contributed by atoms with Gasteiger partial charge in [-0.2, -0.15) is 0 Å². The van der Waals surface area contributed by atoms with E-state index in [1.54, 1.807) is 23.6 Å². The Morgan fingerprint density at radius 1 is 1.21 bits per heavy atom. The predicted molar refractivity (Wildman–Crippen MR) is 82.7 cm³/mol. The van der Waals surface area contributed by atoms with Crippen LogP contribution >= 0.6 is 34.5 Å². The fourth-order valence-electron chi connectivity index (χ4n) is 1.55. The van der Waals surface area contributed by atoms with Gasteiger partial charge in [-0.1, -0.05) is 23.2 Å². The maximum atomic E-state index is 6.11. The van der Waals surface area contributed by atoms with Crippen molar-refractivity contribution in [2.24, 2.45) is 0 Å². The molecule has 2 N–H and O–H groups in total. The first kappa shape index (κ1) is 14.4. The number of anilines is 2. The summed E-state index contributed by atoms with van der Waals surface area (Å²) in [5.74, 6) is 1.28. The second-order valence-electron chi connectivity index (χ2n) is 3.78. The minimum atomic E-state index is 0.519. The normalized spacial score (nSPS) is 10.5. The molecule has 0 bridgehead atoms. The van der Waals surface area contributed by atoms with Crippen molar-refractivity contribution in [3.05, 3.63) is 32.7 Å². The molecule has 0 unspecified atom stereocenters. The van der Waals surface area contributed by atoms with Gasteiger partial charge in [-0.25, -0.2) is 9.97 Å². The van der Waals surface area contributed by atoms with E-state index in [-0.39, 0.29) is 0 Å². The van der Waals surface area contributed by atoms with Gasteiger partial charge in [-0.15, -0.1) is 11.3 Å². The van der Waals surface area contributed by atoms with E-state index in [9.17, 15) is 0 Å². The zero-order chi connectivity index (χ0) is 13.7. The van der Waals surface area contributed by atoms with Gasteiger partial charge in [0.05, 0.1) is 15.1 Å². The molecule has 0 aromatic carbocycles. The molecule has 2 aromatic rings. The molecule has 0 radical (unpaired) electrons. The molecule has 2 aromatic heterocycles. The molecule has 0 spiro atoms. The average molecular weight is 317 g/mol. The fourth-order valence-corrected chi connectivity index (χ4v) is 2.66. The highest BCUT2D eigenvalue weighted by Gasteiger charge is 2.08. The second-order valence-corrected chi connectivity index (χ2v) is 5.58. The van der Waals surface area contributed by atoms with Crippen LogP contribution in [0.25, 0.3) is 0 Å². The van der Waals surface area contributed by atoms with Crippen LogP contribution in [0.4, 0.5) is 11.6 Å². The molecule has 0 aliphatic rings. The topological polar surface area (TPSA) is 49.8 Å². The summed E-state index contributed by atoms with van der Waals surface area (Å²) < 4.78 is 0. The van der Waals surface area contributed by atoms with E-state index in [4.69, 9.17) is 23.2 Å². The quantitative estimate of drug-likeness (QED) is 0.847. The monoisotopic (exact) mass is 316 g/mol. The van der Waals surface area contributed by atoms with Crippen LogP contribution in [0.1, 0.15) is 11.9 Å². The Morgan fingerprint density at radius 2 is 1.95 bits per heavy atom. The van der Waals surface area contributed by atoms with Gasteiger partial charge in [-0.05, 0) is 13.0 Å². The molecular weight excluding hydrogens is 303 g/mol. The summed E-state index contributed by atoms with van der Waals surface area (Å²) in [5, 5.41) is 10.4. The van der Waals surface area contributed by atoms with E-state index in [1.165, 1.54) is 0 Å². The van der Waals surface area contributed by atoms with Gasteiger partial charge in [0.15, 0.2) is 0 Å². The molecule has 0 saturated heterocycles. The Bertz CT molecular complexity index is 531. The van der Waals surface area contributed by atoms with E-state index in [0.29, 0.717) is 21.7 Å². The zero-order valence-corrected chi connectivity index (χ0v) is 12.7. The van der Waals surface area contributed by atoms with Gasteiger partial charge in [0.1, 0.15) is 11.6 Å². The van der Waals surface area contributed by atoms with E-state index in [0.717, 1.165) is 24.5 Å². The first-order chi connectivity index (χ1) is 9.20. The summed E-state index contributed by atoms with van der Waals surface area (Å²) in [6.45, 7) is 3.47. The van der Waals surface area contributed by atoms with Crippen molar-refractivity contribution >= 4 is 46.2 Å². The van der Waals surface area contributed by atoms with Crippen LogP contribution in [0.5, 0.6) is 0 Å². The third kappa shape index (κ3) is 3.96. The molecule has 102 valence electrons. The van der Waals surface area contributed by atoms with Crippen LogP contribution in [0.3, 0.4) is 0 Å². The summed E-state index contributed by atoms with van der Waals surface area (Å²) in [7, 11) is 0. The Morgan fingerprint density at radius 3 is 2.58 bits per heavy atom. The zero-order valence-electron chi connectivity index (χ0n) is 10.4. The maximum absolute atomic E-state index is 6.11. The van der Waals surface area contributed by atoms with Crippen LogP contribution in [0.15, 0.2) is 17.6 Å². The minimum absolute atomic E-state index is 0.519. The number of halogens is 2. The summed E-state index contributed by atoms with van der Waals surface area (Å²) in [6, 6.07) is 1.69. The lowest BCUT2D eigenvalue weighted by Crippen LogP contribution is -2.09. The summed E-state index contributed by atoms with van der Waals surface area (Å²) >= 11 is 13.8. The first-order valence-corrected chi connectivity index (χ1v) is 7.56. The van der Waals surface area contributed by atoms with Crippen LogP contribution in [0, 0.1) is 0 Å². The number of hydrogen-bond donors (Lipinski definition) is 2. The summed E-state index contributed by atoms with van der Waals surface area (Å²) in [5.41, 5.74) is 0. The number of nitrogens with one attached hydrogen (secondary N) is 2. The maximum Gasteiger partial charge on any atom is 0.147 e. The van der Waals surface area contributed by atoms with Gasteiger partial charge in [0, 0.05) is 31.1 Å². The molecule has 0 aliphatic heterocycles. The van der Waals surface area contributed by atoms with E-state index in [2.05, 4.69) is 20.6 Å². The van der Waals surface area contributed by atoms with Gasteiger partial charge < -0.3 is 10.6 Å². The second kappa shape index (κ2) is 6.93. The third-order valence-corrected chi connectivity index (χ3v) is 3.80. The number of pyridine rings is 1. The van der Waals surface area contributed by atoms with Crippen molar-refractivity contribution < 1.29 is 0 Å². The highest BCUT2D eigenvalue weighted by molar-refractivity contribution is 7.09. The van der Waals surface area contributed by atoms with Crippen molar-refractivity contribution in [1.29, 1.82) is 0 Å². The molecule has 0 aliphatic carbocycles. The fraction of sp³-hybridized carbons (Fsp3) is 0.333. The number of aromatic nitrogens is 2. The van der Waals surface area contributed by atoms with Crippen LogP contribution in [-0.4, -0.2) is 23.1 Å². The molecule has 0 saturated carbocycles. The number of thiazole rings is 1. The molecule has 7 heteroatoms. The van der Waals surface area contributed by atoms with Gasteiger partial charge in [-0.3, -0.25) is 0 Å². The summed E-state index contributed by atoms with van der Waals surface area (Å²) in [6.07, 6.45) is 2.64. The first-order valence-electron chi connectivity index (χ1n) is 5.93. The molecule has 4 nitrogen and oxygen atoms in total. The lowest BCUT2D eigenvalue weighted by Gasteiger charge is -2.11. The highest BCUT2D eigenvalue weighted by atomic mass is 35.5. The van der Waals surface area contributed by atoms with Gasteiger partial charge in [0.25, 0.3) is 0 Å². The Hall–Kier alpha value is -1.04. The van der Waals surface area contributed by atoms with Crippen molar-refractivity contribution in [2.45, 2.75) is 13.3 Å². The number of hydrogen-bond acceptors (Lipinski definition) is 5.